The predicted molar refractivity (Wildman–Crippen MR) is 152 cm³/mol. The van der Waals surface area contributed by atoms with Crippen molar-refractivity contribution < 1.29 is 15.0 Å². The Hall–Kier alpha value is -2.28. The molecule has 0 saturated heterocycles. The van der Waals surface area contributed by atoms with Gasteiger partial charge >= 0.3 is 5.97 Å². The van der Waals surface area contributed by atoms with E-state index >= 15 is 0 Å². The number of benzene rings is 2. The van der Waals surface area contributed by atoms with Crippen molar-refractivity contribution in [1.82, 2.24) is 0 Å². The summed E-state index contributed by atoms with van der Waals surface area (Å²) >= 11 is 3.58. The molecule has 3 aromatic rings. The molecule has 0 saturated carbocycles. The van der Waals surface area contributed by atoms with Crippen LogP contribution in [0.15, 0.2) is 30.3 Å². The van der Waals surface area contributed by atoms with Gasteiger partial charge in [-0.2, -0.15) is 0 Å². The van der Waals surface area contributed by atoms with Crippen LogP contribution in [0.1, 0.15) is 65.7 Å². The standard InChI is InChI=1S/C25H27NO2S2.C4H10O/c1-13-7-9-18(10-8-13)22-16(4)23-20-11-14(2)30-25(20)17(5)26(29-6)24(23)15(3)19(22)12-21(27)28;1-4(2,3)5/h7-11,17H,12H2,1-6H3,(H,27,28);5H,1-3H3/t17-;/m0./s1. The number of hydrogen-bond acceptors (Lipinski definition) is 5. The fourth-order valence-corrected chi connectivity index (χ4v) is 6.69. The second-order valence-electron chi connectivity index (χ2n) is 10.3. The highest BCUT2D eigenvalue weighted by Crippen LogP contribution is 2.55. The molecule has 0 aliphatic carbocycles. The van der Waals surface area contributed by atoms with Crippen molar-refractivity contribution in [3.05, 3.63) is 62.3 Å². The number of carboxylic acids is 1. The Morgan fingerprint density at radius 1 is 1.06 bits per heavy atom. The lowest BCUT2D eigenvalue weighted by molar-refractivity contribution is -0.136. The van der Waals surface area contributed by atoms with E-state index in [4.69, 9.17) is 5.11 Å². The minimum atomic E-state index is -0.794. The van der Waals surface area contributed by atoms with Crippen molar-refractivity contribution in [2.75, 3.05) is 10.6 Å². The van der Waals surface area contributed by atoms with Crippen LogP contribution < -0.4 is 4.31 Å². The number of aliphatic carboxylic acids is 1. The third-order valence-corrected chi connectivity index (χ3v) is 8.18. The molecule has 0 unspecified atom stereocenters. The highest BCUT2D eigenvalue weighted by atomic mass is 32.2. The minimum absolute atomic E-state index is 0.0231. The van der Waals surface area contributed by atoms with Crippen LogP contribution in [0, 0.1) is 27.7 Å². The van der Waals surface area contributed by atoms with E-state index in [2.05, 4.69) is 75.5 Å². The lowest BCUT2D eigenvalue weighted by atomic mass is 9.81. The van der Waals surface area contributed by atoms with Gasteiger partial charge in [0, 0.05) is 27.1 Å². The number of carboxylic acid groups (broad SMARTS) is 1. The van der Waals surface area contributed by atoms with E-state index in [1.54, 1.807) is 32.7 Å². The maximum Gasteiger partial charge on any atom is 0.307 e. The van der Waals surface area contributed by atoms with Gasteiger partial charge < -0.3 is 14.5 Å². The van der Waals surface area contributed by atoms with Gasteiger partial charge in [0.15, 0.2) is 0 Å². The zero-order valence-electron chi connectivity index (χ0n) is 22.2. The largest absolute Gasteiger partial charge is 0.481 e. The number of nitrogens with zero attached hydrogens (tertiary/aromatic N) is 1. The molecule has 2 N–H and O–H groups in total. The third-order valence-electron chi connectivity index (χ3n) is 6.07. The summed E-state index contributed by atoms with van der Waals surface area (Å²) in [4.78, 5) is 14.5. The van der Waals surface area contributed by atoms with E-state index in [0.717, 1.165) is 22.3 Å². The van der Waals surface area contributed by atoms with E-state index in [0.29, 0.717) is 0 Å². The van der Waals surface area contributed by atoms with E-state index < -0.39 is 11.6 Å². The van der Waals surface area contributed by atoms with Crippen molar-refractivity contribution >= 4 is 34.9 Å². The van der Waals surface area contributed by atoms with Crippen molar-refractivity contribution in [3.63, 3.8) is 0 Å². The summed E-state index contributed by atoms with van der Waals surface area (Å²) in [6.07, 6.45) is 2.13. The number of aryl methyl sites for hydroxylation is 2. The summed E-state index contributed by atoms with van der Waals surface area (Å²) in [5.41, 5.74) is 9.75. The first kappa shape index (κ1) is 27.3. The minimum Gasteiger partial charge on any atom is -0.481 e. The summed E-state index contributed by atoms with van der Waals surface area (Å²) in [6.45, 7) is 16.0. The quantitative estimate of drug-likeness (QED) is 0.349. The molecule has 0 radical (unpaired) electrons. The molecule has 1 aliphatic rings. The molecule has 1 atom stereocenters. The van der Waals surface area contributed by atoms with E-state index in [-0.39, 0.29) is 12.5 Å². The van der Waals surface area contributed by atoms with Gasteiger partial charge in [-0.15, -0.1) is 11.3 Å². The summed E-state index contributed by atoms with van der Waals surface area (Å²) in [5.74, 6) is -0.794. The Morgan fingerprint density at radius 2 is 1.63 bits per heavy atom. The van der Waals surface area contributed by atoms with Crippen LogP contribution in [0.3, 0.4) is 0 Å². The fraction of sp³-hybridized carbons (Fsp3) is 0.414. The van der Waals surface area contributed by atoms with E-state index in [1.807, 2.05) is 11.3 Å². The van der Waals surface area contributed by atoms with Crippen molar-refractivity contribution in [1.29, 1.82) is 0 Å². The molecule has 0 bridgehead atoms. The van der Waals surface area contributed by atoms with E-state index in [1.165, 1.54) is 37.7 Å². The van der Waals surface area contributed by atoms with Gasteiger partial charge in [-0.3, -0.25) is 4.79 Å². The second-order valence-corrected chi connectivity index (χ2v) is 12.3. The average Bonchev–Trinajstić information content (AvgIpc) is 3.13. The molecular weight excluding hydrogens is 474 g/mol. The molecule has 0 fully saturated rings. The molecule has 6 heteroatoms. The first-order valence-corrected chi connectivity index (χ1v) is 13.9. The van der Waals surface area contributed by atoms with Crippen molar-refractivity contribution in [2.45, 2.75) is 73.5 Å². The molecule has 2 heterocycles. The third kappa shape index (κ3) is 5.76. The topological polar surface area (TPSA) is 60.8 Å². The number of anilines is 1. The molecule has 4 nitrogen and oxygen atoms in total. The van der Waals surface area contributed by atoms with Crippen LogP contribution in [-0.4, -0.2) is 28.0 Å². The molecule has 0 spiro atoms. The van der Waals surface area contributed by atoms with Gasteiger partial charge in [0.25, 0.3) is 0 Å². The van der Waals surface area contributed by atoms with Gasteiger partial charge in [-0.25, -0.2) is 0 Å². The van der Waals surface area contributed by atoms with Gasteiger partial charge in [-0.05, 0) is 89.3 Å². The predicted octanol–water partition coefficient (Wildman–Crippen LogP) is 7.88. The molecule has 4 rings (SSSR count). The van der Waals surface area contributed by atoms with Gasteiger partial charge in [0.05, 0.1) is 23.8 Å². The fourth-order valence-electron chi connectivity index (χ4n) is 4.72. The molecule has 0 amide bonds. The molecular formula is C29H37NO3S2. The first-order valence-electron chi connectivity index (χ1n) is 11.9. The zero-order chi connectivity index (χ0) is 26.2. The summed E-state index contributed by atoms with van der Waals surface area (Å²) in [7, 11) is 0. The second kappa shape index (κ2) is 10.4. The van der Waals surface area contributed by atoms with E-state index in [9.17, 15) is 9.90 Å². The number of carbonyl (C=O) groups is 1. The average molecular weight is 512 g/mol. The van der Waals surface area contributed by atoms with Gasteiger partial charge in [-0.1, -0.05) is 41.8 Å². The lowest BCUT2D eigenvalue weighted by Crippen LogP contribution is -2.25. The van der Waals surface area contributed by atoms with Crippen LogP contribution in [0.5, 0.6) is 0 Å². The summed E-state index contributed by atoms with van der Waals surface area (Å²) in [5, 5.41) is 18.2. The first-order chi connectivity index (χ1) is 16.2. The van der Waals surface area contributed by atoms with Crippen LogP contribution in [0.4, 0.5) is 5.69 Å². The van der Waals surface area contributed by atoms with Gasteiger partial charge in [0.2, 0.25) is 0 Å². The summed E-state index contributed by atoms with van der Waals surface area (Å²) in [6, 6.07) is 11.0. The Labute approximate surface area is 218 Å². The number of hydrogen-bond donors (Lipinski definition) is 2. The molecule has 1 aromatic heterocycles. The number of aliphatic hydroxyl groups is 1. The summed E-state index contributed by atoms with van der Waals surface area (Å²) < 4.78 is 2.36. The normalized spacial score (nSPS) is 14.7. The maximum absolute atomic E-state index is 11.8. The number of thiophene rings is 1. The number of rotatable bonds is 4. The highest BCUT2D eigenvalue weighted by molar-refractivity contribution is 8.00. The Kier molecular flexibility index (Phi) is 8.09. The monoisotopic (exact) mass is 511 g/mol. The Balaban J connectivity index is 0.000000623. The lowest BCUT2D eigenvalue weighted by Gasteiger charge is -2.38. The van der Waals surface area contributed by atoms with Crippen LogP contribution >= 0.6 is 23.3 Å². The highest BCUT2D eigenvalue weighted by Gasteiger charge is 2.35. The molecule has 35 heavy (non-hydrogen) atoms. The molecule has 188 valence electrons. The smallest absolute Gasteiger partial charge is 0.307 e. The van der Waals surface area contributed by atoms with Crippen molar-refractivity contribution in [3.8, 4) is 22.3 Å². The van der Waals surface area contributed by atoms with Crippen LogP contribution in [-0.2, 0) is 11.2 Å². The van der Waals surface area contributed by atoms with Gasteiger partial charge in [0.1, 0.15) is 0 Å². The molecule has 1 aliphatic heterocycles. The maximum atomic E-state index is 11.8. The van der Waals surface area contributed by atoms with Crippen LogP contribution in [0.25, 0.3) is 22.3 Å². The zero-order valence-corrected chi connectivity index (χ0v) is 23.9. The van der Waals surface area contributed by atoms with Crippen molar-refractivity contribution in [2.24, 2.45) is 0 Å². The van der Waals surface area contributed by atoms with Crippen LogP contribution in [0.2, 0.25) is 0 Å². The SMILES string of the molecule is CC(C)(C)O.CSN1c2c(C)c(CC(=O)O)c(-c3ccc(C)cc3)c(C)c2-c2cc(C)sc2[C@@H]1C. The molecule has 2 aromatic carbocycles. The Morgan fingerprint density at radius 3 is 2.14 bits per heavy atom. The number of fused-ring (bicyclic) bond motifs is 3. The Bertz CT molecular complexity index is 1230.